The summed E-state index contributed by atoms with van der Waals surface area (Å²) in [5.74, 6) is -0.675. The van der Waals surface area contributed by atoms with Gasteiger partial charge in [-0.1, -0.05) is 23.7 Å². The van der Waals surface area contributed by atoms with Crippen molar-refractivity contribution in [2.75, 3.05) is 33.4 Å². The number of carbonyl (C=O) groups excluding carboxylic acids is 2. The van der Waals surface area contributed by atoms with E-state index >= 15 is 0 Å². The van der Waals surface area contributed by atoms with Gasteiger partial charge in [0.2, 0.25) is 5.91 Å². The number of hydrogen-bond donors (Lipinski definition) is 1. The van der Waals surface area contributed by atoms with Crippen LogP contribution in [0.5, 0.6) is 0 Å². The monoisotopic (exact) mass is 340 g/mol. The zero-order valence-corrected chi connectivity index (χ0v) is 14.0. The zero-order valence-electron chi connectivity index (χ0n) is 13.3. The van der Waals surface area contributed by atoms with Crippen LogP contribution in [-0.4, -0.2) is 56.2 Å². The van der Waals surface area contributed by atoms with Crippen LogP contribution in [0.15, 0.2) is 24.3 Å². The molecule has 1 saturated heterocycles. The van der Waals surface area contributed by atoms with E-state index < -0.39 is 5.97 Å². The van der Waals surface area contributed by atoms with Gasteiger partial charge in [-0.05, 0) is 24.6 Å². The van der Waals surface area contributed by atoms with Crippen LogP contribution >= 0.6 is 11.6 Å². The highest BCUT2D eigenvalue weighted by Gasteiger charge is 2.28. The first-order valence-electron chi connectivity index (χ1n) is 7.47. The second-order valence-corrected chi connectivity index (χ2v) is 5.82. The number of halogens is 1. The van der Waals surface area contributed by atoms with Gasteiger partial charge in [0.05, 0.1) is 25.9 Å². The van der Waals surface area contributed by atoms with Crippen molar-refractivity contribution in [3.63, 3.8) is 0 Å². The third-order valence-corrected chi connectivity index (χ3v) is 4.12. The molecule has 1 aromatic carbocycles. The third kappa shape index (κ3) is 4.92. The lowest BCUT2D eigenvalue weighted by Crippen LogP contribution is -2.51. The second-order valence-electron chi connectivity index (χ2n) is 5.38. The molecule has 6 nitrogen and oxygen atoms in total. The van der Waals surface area contributed by atoms with Crippen molar-refractivity contribution < 1.29 is 19.1 Å². The molecule has 1 aromatic rings. The van der Waals surface area contributed by atoms with E-state index in [2.05, 4.69) is 10.1 Å². The summed E-state index contributed by atoms with van der Waals surface area (Å²) in [6.07, 6.45) is -0.127. The SMILES string of the molecule is COC(=O)CNC(=O)[C@H](C)N1CCO[C@H](c2cccc(Cl)c2)C1. The molecule has 2 rings (SSSR count). The van der Waals surface area contributed by atoms with E-state index in [1.807, 2.05) is 36.1 Å². The number of nitrogens with one attached hydrogen (secondary N) is 1. The maximum atomic E-state index is 12.1. The van der Waals surface area contributed by atoms with Gasteiger partial charge < -0.3 is 14.8 Å². The molecule has 0 bridgehead atoms. The summed E-state index contributed by atoms with van der Waals surface area (Å²) < 4.78 is 10.3. The molecule has 0 radical (unpaired) electrons. The summed E-state index contributed by atoms with van der Waals surface area (Å²) >= 11 is 6.02. The average Bonchev–Trinajstić information content (AvgIpc) is 2.58. The topological polar surface area (TPSA) is 67.9 Å². The third-order valence-electron chi connectivity index (χ3n) is 3.88. The summed E-state index contributed by atoms with van der Waals surface area (Å²) in [4.78, 5) is 25.3. The second kappa shape index (κ2) is 8.29. The van der Waals surface area contributed by atoms with Crippen LogP contribution in [0.25, 0.3) is 0 Å². The van der Waals surface area contributed by atoms with E-state index in [0.717, 1.165) is 5.56 Å². The Hall–Kier alpha value is -1.63. The van der Waals surface area contributed by atoms with Crippen LogP contribution in [0.1, 0.15) is 18.6 Å². The first kappa shape index (κ1) is 17.7. The number of hydrogen-bond acceptors (Lipinski definition) is 5. The van der Waals surface area contributed by atoms with Crippen molar-refractivity contribution in [3.05, 3.63) is 34.9 Å². The predicted octanol–water partition coefficient (Wildman–Crippen LogP) is 1.39. The highest BCUT2D eigenvalue weighted by molar-refractivity contribution is 6.30. The standard InChI is InChI=1S/C16H21ClN2O4/c1-11(16(21)18-9-15(20)22-2)19-6-7-23-14(10-19)12-4-3-5-13(17)8-12/h3-5,8,11,14H,6-7,9-10H2,1-2H3,(H,18,21)/t11-,14-/m0/s1. The fourth-order valence-corrected chi connectivity index (χ4v) is 2.67. The Morgan fingerprint density at radius 3 is 3.00 bits per heavy atom. The van der Waals surface area contributed by atoms with Crippen LogP contribution in [-0.2, 0) is 19.1 Å². The highest BCUT2D eigenvalue weighted by Crippen LogP contribution is 2.25. The number of esters is 1. The minimum atomic E-state index is -0.468. The summed E-state index contributed by atoms with van der Waals surface area (Å²) in [6.45, 7) is 3.47. The molecule has 2 atom stereocenters. The number of benzene rings is 1. The van der Waals surface area contributed by atoms with E-state index in [1.54, 1.807) is 0 Å². The minimum Gasteiger partial charge on any atom is -0.468 e. The van der Waals surface area contributed by atoms with Gasteiger partial charge in [0.15, 0.2) is 0 Å². The van der Waals surface area contributed by atoms with E-state index in [-0.39, 0.29) is 24.6 Å². The largest absolute Gasteiger partial charge is 0.468 e. The number of rotatable bonds is 5. The molecule has 7 heteroatoms. The number of morpholine rings is 1. The van der Waals surface area contributed by atoms with E-state index in [4.69, 9.17) is 16.3 Å². The molecule has 1 aliphatic rings. The Kier molecular flexibility index (Phi) is 6.38. The smallest absolute Gasteiger partial charge is 0.325 e. The van der Waals surface area contributed by atoms with Crippen molar-refractivity contribution in [2.24, 2.45) is 0 Å². The molecule has 0 saturated carbocycles. The Bertz CT molecular complexity index is 567. The van der Waals surface area contributed by atoms with Crippen molar-refractivity contribution >= 4 is 23.5 Å². The van der Waals surface area contributed by atoms with E-state index in [9.17, 15) is 9.59 Å². The molecule has 1 fully saturated rings. The van der Waals surface area contributed by atoms with Gasteiger partial charge >= 0.3 is 5.97 Å². The van der Waals surface area contributed by atoms with Gasteiger partial charge in [-0.2, -0.15) is 0 Å². The summed E-state index contributed by atoms with van der Waals surface area (Å²) in [5.41, 5.74) is 0.990. The minimum absolute atomic E-state index is 0.123. The van der Waals surface area contributed by atoms with Crippen LogP contribution in [0.3, 0.4) is 0 Å². The van der Waals surface area contributed by atoms with E-state index in [0.29, 0.717) is 24.7 Å². The molecule has 1 amide bonds. The summed E-state index contributed by atoms with van der Waals surface area (Å²) in [7, 11) is 1.29. The zero-order chi connectivity index (χ0) is 16.8. The van der Waals surface area contributed by atoms with Crippen LogP contribution in [0.2, 0.25) is 5.02 Å². The number of ether oxygens (including phenoxy) is 2. The molecule has 0 aromatic heterocycles. The number of amides is 1. The highest BCUT2D eigenvalue weighted by atomic mass is 35.5. The molecular weight excluding hydrogens is 320 g/mol. The quantitative estimate of drug-likeness (QED) is 0.820. The first-order chi connectivity index (χ1) is 11.0. The fourth-order valence-electron chi connectivity index (χ4n) is 2.47. The Labute approximate surface area is 140 Å². The van der Waals surface area contributed by atoms with Crippen molar-refractivity contribution in [3.8, 4) is 0 Å². The van der Waals surface area contributed by atoms with Gasteiger partial charge in [0, 0.05) is 18.1 Å². The van der Waals surface area contributed by atoms with Gasteiger partial charge in [-0.3, -0.25) is 14.5 Å². The van der Waals surface area contributed by atoms with Gasteiger partial charge in [0.1, 0.15) is 6.54 Å². The lowest BCUT2D eigenvalue weighted by Gasteiger charge is -2.36. The van der Waals surface area contributed by atoms with Crippen molar-refractivity contribution in [1.82, 2.24) is 10.2 Å². The molecule has 1 aliphatic heterocycles. The van der Waals surface area contributed by atoms with Gasteiger partial charge in [-0.25, -0.2) is 0 Å². The Balaban J connectivity index is 1.94. The number of carbonyl (C=O) groups is 2. The molecule has 0 unspecified atom stereocenters. The predicted molar refractivity (Wildman–Crippen MR) is 86.2 cm³/mol. The molecule has 23 heavy (non-hydrogen) atoms. The fraction of sp³-hybridized carbons (Fsp3) is 0.500. The van der Waals surface area contributed by atoms with Gasteiger partial charge in [0.25, 0.3) is 0 Å². The van der Waals surface area contributed by atoms with Crippen LogP contribution in [0, 0.1) is 0 Å². The van der Waals surface area contributed by atoms with Crippen LogP contribution in [0.4, 0.5) is 0 Å². The average molecular weight is 341 g/mol. The normalized spacial score (nSPS) is 19.9. The summed E-state index contributed by atoms with van der Waals surface area (Å²) in [6, 6.07) is 7.17. The van der Waals surface area contributed by atoms with E-state index in [1.165, 1.54) is 7.11 Å². The maximum absolute atomic E-state index is 12.1. The molecule has 0 aliphatic carbocycles. The lowest BCUT2D eigenvalue weighted by molar-refractivity contribution is -0.142. The lowest BCUT2D eigenvalue weighted by atomic mass is 10.1. The summed E-state index contributed by atoms with van der Waals surface area (Å²) in [5, 5.41) is 3.24. The maximum Gasteiger partial charge on any atom is 0.325 e. The first-order valence-corrected chi connectivity index (χ1v) is 7.84. The molecule has 126 valence electrons. The number of nitrogens with zero attached hydrogens (tertiary/aromatic N) is 1. The van der Waals surface area contributed by atoms with Gasteiger partial charge in [-0.15, -0.1) is 0 Å². The number of methoxy groups -OCH3 is 1. The molecule has 1 N–H and O–H groups in total. The Morgan fingerprint density at radius 2 is 2.30 bits per heavy atom. The van der Waals surface area contributed by atoms with Crippen molar-refractivity contribution in [2.45, 2.75) is 19.1 Å². The molecule has 1 heterocycles. The van der Waals surface area contributed by atoms with Crippen molar-refractivity contribution in [1.29, 1.82) is 0 Å². The molecule has 0 spiro atoms. The Morgan fingerprint density at radius 1 is 1.52 bits per heavy atom. The van der Waals surface area contributed by atoms with Crippen LogP contribution < -0.4 is 5.32 Å². The molecular formula is C16H21ClN2O4.